The maximum Gasteiger partial charge on any atom is 0.319 e. The lowest BCUT2D eigenvalue weighted by Crippen LogP contribution is -2.30. The van der Waals surface area contributed by atoms with Crippen LogP contribution >= 0.6 is 0 Å². The van der Waals surface area contributed by atoms with Gasteiger partial charge < -0.3 is 21.3 Å². The predicted octanol–water partition coefficient (Wildman–Crippen LogP) is 1.65. The summed E-state index contributed by atoms with van der Waals surface area (Å²) in [6, 6.07) is 7.29. The maximum atomic E-state index is 12.7. The second kappa shape index (κ2) is 7.40. The lowest BCUT2D eigenvalue weighted by atomic mass is 9.90. The first-order valence-corrected chi connectivity index (χ1v) is 9.26. The van der Waals surface area contributed by atoms with Gasteiger partial charge in [0.2, 0.25) is 5.91 Å². The monoisotopic (exact) mass is 368 g/mol. The molecule has 1 saturated carbocycles. The first-order chi connectivity index (χ1) is 13.1. The van der Waals surface area contributed by atoms with Gasteiger partial charge in [-0.15, -0.1) is 0 Å². The van der Waals surface area contributed by atoms with E-state index in [1.165, 1.54) is 0 Å². The fourth-order valence-corrected chi connectivity index (χ4v) is 3.39. The van der Waals surface area contributed by atoms with Crippen LogP contribution in [0.25, 0.3) is 0 Å². The zero-order valence-corrected chi connectivity index (χ0v) is 15.2. The van der Waals surface area contributed by atoms with Gasteiger partial charge in [0, 0.05) is 49.7 Å². The molecule has 1 aliphatic heterocycles. The van der Waals surface area contributed by atoms with Crippen LogP contribution in [0.15, 0.2) is 36.7 Å². The van der Waals surface area contributed by atoms with E-state index in [9.17, 15) is 9.59 Å². The number of nitrogens with one attached hydrogen (secondary N) is 4. The molecule has 1 saturated heterocycles. The molecule has 8 heteroatoms. The molecule has 1 aromatic heterocycles. The molecule has 3 amide bonds. The molecule has 27 heavy (non-hydrogen) atoms. The molecule has 0 spiro atoms. The van der Waals surface area contributed by atoms with Gasteiger partial charge in [0.25, 0.3) is 0 Å². The van der Waals surface area contributed by atoms with E-state index in [1.807, 2.05) is 19.4 Å². The minimum Gasteiger partial charge on any atom is -0.335 e. The van der Waals surface area contributed by atoms with Crippen molar-refractivity contribution in [3.05, 3.63) is 42.2 Å². The Bertz CT molecular complexity index is 827. The van der Waals surface area contributed by atoms with E-state index in [0.717, 1.165) is 24.9 Å². The van der Waals surface area contributed by atoms with E-state index in [1.54, 1.807) is 28.9 Å². The largest absolute Gasteiger partial charge is 0.335 e. The lowest BCUT2D eigenvalue weighted by Gasteiger charge is -2.17. The molecule has 1 aromatic carbocycles. The van der Waals surface area contributed by atoms with Crippen LogP contribution in [-0.4, -0.2) is 40.9 Å². The molecule has 2 aromatic rings. The van der Waals surface area contributed by atoms with Crippen molar-refractivity contribution in [3.63, 3.8) is 0 Å². The summed E-state index contributed by atoms with van der Waals surface area (Å²) in [5, 5.41) is 16.2. The molecule has 0 bridgehead atoms. The van der Waals surface area contributed by atoms with E-state index < -0.39 is 0 Å². The van der Waals surface area contributed by atoms with Gasteiger partial charge in [0.05, 0.1) is 12.1 Å². The summed E-state index contributed by atoms with van der Waals surface area (Å²) in [6.07, 6.45) is 5.89. The van der Waals surface area contributed by atoms with Crippen molar-refractivity contribution in [3.8, 4) is 0 Å². The SMILES string of the molecule is Cn1cc([C@H]2CNC[C@@H]2C(=O)Nc2ccc(NC(=O)NC3CC3)cc2)cn1. The van der Waals surface area contributed by atoms with Crippen LogP contribution in [0.2, 0.25) is 0 Å². The highest BCUT2D eigenvalue weighted by molar-refractivity contribution is 5.94. The van der Waals surface area contributed by atoms with Gasteiger partial charge in [0.15, 0.2) is 0 Å². The Balaban J connectivity index is 1.35. The summed E-state index contributed by atoms with van der Waals surface area (Å²) in [5.74, 6) is -0.0388. The van der Waals surface area contributed by atoms with Crippen LogP contribution in [0.3, 0.4) is 0 Å². The Labute approximate surface area is 157 Å². The summed E-state index contributed by atoms with van der Waals surface area (Å²) in [5.41, 5.74) is 2.48. The van der Waals surface area contributed by atoms with Crippen molar-refractivity contribution < 1.29 is 9.59 Å². The van der Waals surface area contributed by atoms with Crippen molar-refractivity contribution in [1.29, 1.82) is 0 Å². The topological polar surface area (TPSA) is 100 Å². The average Bonchev–Trinajstić information content (AvgIpc) is 3.14. The summed E-state index contributed by atoms with van der Waals surface area (Å²) in [4.78, 5) is 24.5. The van der Waals surface area contributed by atoms with Gasteiger partial charge in [-0.3, -0.25) is 9.48 Å². The van der Waals surface area contributed by atoms with Crippen LogP contribution in [0.5, 0.6) is 0 Å². The molecule has 2 heterocycles. The Morgan fingerprint density at radius 3 is 2.44 bits per heavy atom. The number of carbonyl (C=O) groups is 2. The number of carbonyl (C=O) groups excluding carboxylic acids is 2. The number of urea groups is 1. The number of nitrogens with zero attached hydrogens (tertiary/aromatic N) is 2. The average molecular weight is 368 g/mol. The predicted molar refractivity (Wildman–Crippen MR) is 103 cm³/mol. The van der Waals surface area contributed by atoms with E-state index in [0.29, 0.717) is 24.0 Å². The minimum atomic E-state index is -0.189. The number of aryl methyl sites for hydroxylation is 1. The molecular weight excluding hydrogens is 344 g/mol. The van der Waals surface area contributed by atoms with E-state index in [4.69, 9.17) is 0 Å². The smallest absolute Gasteiger partial charge is 0.319 e. The molecule has 2 fully saturated rings. The molecule has 8 nitrogen and oxygen atoms in total. The van der Waals surface area contributed by atoms with Gasteiger partial charge in [-0.2, -0.15) is 5.10 Å². The Hall–Kier alpha value is -2.87. The van der Waals surface area contributed by atoms with Crippen molar-refractivity contribution in [2.75, 3.05) is 23.7 Å². The molecule has 4 N–H and O–H groups in total. The number of hydrogen-bond acceptors (Lipinski definition) is 4. The molecule has 2 atom stereocenters. The number of anilines is 2. The third-order valence-corrected chi connectivity index (χ3v) is 5.03. The Morgan fingerprint density at radius 1 is 1.11 bits per heavy atom. The van der Waals surface area contributed by atoms with E-state index in [-0.39, 0.29) is 23.8 Å². The normalized spacial score (nSPS) is 21.7. The van der Waals surface area contributed by atoms with Gasteiger partial charge in [0.1, 0.15) is 0 Å². The van der Waals surface area contributed by atoms with E-state index in [2.05, 4.69) is 26.4 Å². The second-order valence-corrected chi connectivity index (χ2v) is 7.26. The molecule has 0 radical (unpaired) electrons. The number of hydrogen-bond donors (Lipinski definition) is 4. The van der Waals surface area contributed by atoms with Crippen LogP contribution in [0.4, 0.5) is 16.2 Å². The fraction of sp³-hybridized carbons (Fsp3) is 0.421. The molecule has 142 valence electrons. The second-order valence-electron chi connectivity index (χ2n) is 7.26. The molecule has 2 aliphatic rings. The molecular formula is C19H24N6O2. The van der Waals surface area contributed by atoms with Crippen LogP contribution < -0.4 is 21.3 Å². The van der Waals surface area contributed by atoms with E-state index >= 15 is 0 Å². The third kappa shape index (κ3) is 4.28. The number of amides is 3. The Morgan fingerprint density at radius 2 is 1.81 bits per heavy atom. The van der Waals surface area contributed by atoms with Gasteiger partial charge in [-0.25, -0.2) is 4.79 Å². The maximum absolute atomic E-state index is 12.7. The highest BCUT2D eigenvalue weighted by Crippen LogP contribution is 2.29. The summed E-state index contributed by atoms with van der Waals surface area (Å²) in [7, 11) is 1.88. The van der Waals surface area contributed by atoms with Gasteiger partial charge in [-0.1, -0.05) is 0 Å². The van der Waals surface area contributed by atoms with Crippen molar-refractivity contribution >= 4 is 23.3 Å². The van der Waals surface area contributed by atoms with Gasteiger partial charge >= 0.3 is 6.03 Å². The van der Waals surface area contributed by atoms with Crippen molar-refractivity contribution in [2.45, 2.75) is 24.8 Å². The number of aromatic nitrogens is 2. The highest BCUT2D eigenvalue weighted by Gasteiger charge is 2.34. The first-order valence-electron chi connectivity index (χ1n) is 9.26. The van der Waals surface area contributed by atoms with Crippen molar-refractivity contribution in [2.24, 2.45) is 13.0 Å². The summed E-state index contributed by atoms with van der Waals surface area (Å²) >= 11 is 0. The van der Waals surface area contributed by atoms with Crippen LogP contribution in [-0.2, 0) is 11.8 Å². The standard InChI is InChI=1S/C19H24N6O2/c1-25-11-12(8-21-25)16-9-20-10-17(16)18(26)22-13-2-4-14(5-3-13)23-19(27)24-15-6-7-15/h2-5,8,11,15-17,20H,6-7,9-10H2,1H3,(H,22,26)(H2,23,24,27)/t16-,17+/m1/s1. The van der Waals surface area contributed by atoms with Crippen LogP contribution in [0, 0.1) is 5.92 Å². The zero-order valence-electron chi connectivity index (χ0n) is 15.2. The summed E-state index contributed by atoms with van der Waals surface area (Å²) < 4.78 is 1.76. The fourth-order valence-electron chi connectivity index (χ4n) is 3.39. The quantitative estimate of drug-likeness (QED) is 0.645. The minimum absolute atomic E-state index is 0.0129. The lowest BCUT2D eigenvalue weighted by molar-refractivity contribution is -0.119. The summed E-state index contributed by atoms with van der Waals surface area (Å²) in [6.45, 7) is 1.41. The molecule has 4 rings (SSSR count). The molecule has 0 unspecified atom stereocenters. The zero-order chi connectivity index (χ0) is 18.8. The number of rotatable bonds is 5. The third-order valence-electron chi connectivity index (χ3n) is 5.03. The molecule has 1 aliphatic carbocycles. The highest BCUT2D eigenvalue weighted by atomic mass is 16.2. The van der Waals surface area contributed by atoms with Crippen LogP contribution in [0.1, 0.15) is 24.3 Å². The van der Waals surface area contributed by atoms with Crippen molar-refractivity contribution in [1.82, 2.24) is 20.4 Å². The first kappa shape index (κ1) is 17.5. The number of benzene rings is 1. The Kier molecular flexibility index (Phi) is 4.81. The van der Waals surface area contributed by atoms with Gasteiger partial charge in [-0.05, 0) is 42.7 Å².